The normalized spacial score (nSPS) is 22.0. The molecule has 1 fully saturated rings. The number of halogens is 1. The van der Waals surface area contributed by atoms with Gasteiger partial charge in [0.05, 0.1) is 5.69 Å². The molecule has 1 saturated carbocycles. The highest BCUT2D eigenvalue weighted by Crippen LogP contribution is 2.39. The lowest BCUT2D eigenvalue weighted by molar-refractivity contribution is 0.981. The Morgan fingerprint density at radius 1 is 1.35 bits per heavy atom. The molecule has 0 saturated heterocycles. The molecule has 2 heterocycles. The Hall–Kier alpha value is -0.900. The summed E-state index contributed by atoms with van der Waals surface area (Å²) in [7, 11) is 0. The van der Waals surface area contributed by atoms with Crippen LogP contribution in [0.3, 0.4) is 0 Å². The number of aryl methyl sites for hydroxylation is 1. The van der Waals surface area contributed by atoms with Gasteiger partial charge in [-0.3, -0.25) is 4.98 Å². The molecule has 2 aromatic heterocycles. The van der Waals surface area contributed by atoms with E-state index in [9.17, 15) is 0 Å². The molecule has 0 unspecified atom stereocenters. The molecule has 2 atom stereocenters. The first-order valence-electron chi connectivity index (χ1n) is 5.50. The van der Waals surface area contributed by atoms with E-state index in [1.807, 2.05) is 6.20 Å². The third-order valence-electron chi connectivity index (χ3n) is 3.19. The van der Waals surface area contributed by atoms with Gasteiger partial charge in [0.1, 0.15) is 0 Å². The molecule has 1 aliphatic carbocycles. The van der Waals surface area contributed by atoms with Crippen LogP contribution >= 0.6 is 23.7 Å². The maximum atomic E-state index is 5.83. The predicted octanol–water partition coefficient (Wildman–Crippen LogP) is 3.35. The highest BCUT2D eigenvalue weighted by molar-refractivity contribution is 7.08. The smallest absolute Gasteiger partial charge is 0.0713 e. The molecular formula is C13H15ClN2S. The first-order valence-corrected chi connectivity index (χ1v) is 6.44. The first-order chi connectivity index (χ1) is 7.75. The molecular weight excluding hydrogens is 252 g/mol. The van der Waals surface area contributed by atoms with E-state index in [4.69, 9.17) is 5.73 Å². The highest BCUT2D eigenvalue weighted by Gasteiger charge is 2.34. The van der Waals surface area contributed by atoms with Crippen LogP contribution in [0.4, 0.5) is 0 Å². The van der Waals surface area contributed by atoms with E-state index in [1.165, 1.54) is 16.7 Å². The zero-order valence-electron chi connectivity index (χ0n) is 9.59. The van der Waals surface area contributed by atoms with Gasteiger partial charge in [0.25, 0.3) is 0 Å². The molecule has 0 aromatic carbocycles. The summed E-state index contributed by atoms with van der Waals surface area (Å²) in [4.78, 5) is 4.53. The summed E-state index contributed by atoms with van der Waals surface area (Å²) in [5, 5.41) is 4.31. The van der Waals surface area contributed by atoms with Gasteiger partial charge < -0.3 is 5.73 Å². The van der Waals surface area contributed by atoms with Crippen molar-refractivity contribution in [2.45, 2.75) is 25.3 Å². The maximum Gasteiger partial charge on any atom is 0.0713 e. The fourth-order valence-electron chi connectivity index (χ4n) is 2.00. The molecule has 0 aliphatic heterocycles. The van der Waals surface area contributed by atoms with Crippen LogP contribution in [-0.4, -0.2) is 11.0 Å². The molecule has 0 amide bonds. The molecule has 2 aromatic rings. The van der Waals surface area contributed by atoms with Gasteiger partial charge >= 0.3 is 0 Å². The van der Waals surface area contributed by atoms with E-state index >= 15 is 0 Å². The Kier molecular flexibility index (Phi) is 3.52. The Balaban J connectivity index is 0.00000108. The van der Waals surface area contributed by atoms with Crippen molar-refractivity contribution in [1.29, 1.82) is 0 Å². The average Bonchev–Trinajstić information content (AvgIpc) is 2.86. The number of nitrogens with zero attached hydrogens (tertiary/aromatic N) is 1. The van der Waals surface area contributed by atoms with Crippen LogP contribution in [0.2, 0.25) is 0 Å². The van der Waals surface area contributed by atoms with E-state index in [0.717, 1.165) is 12.1 Å². The van der Waals surface area contributed by atoms with Crippen molar-refractivity contribution in [2.75, 3.05) is 0 Å². The van der Waals surface area contributed by atoms with Gasteiger partial charge in [-0.1, -0.05) is 6.07 Å². The molecule has 90 valence electrons. The van der Waals surface area contributed by atoms with Crippen LogP contribution in [0.25, 0.3) is 11.3 Å². The third-order valence-corrected chi connectivity index (χ3v) is 4.05. The van der Waals surface area contributed by atoms with Gasteiger partial charge in [0.15, 0.2) is 0 Å². The Morgan fingerprint density at radius 3 is 2.59 bits per heavy atom. The monoisotopic (exact) mass is 266 g/mol. The van der Waals surface area contributed by atoms with E-state index < -0.39 is 0 Å². The molecule has 3 rings (SSSR count). The zero-order valence-corrected chi connectivity index (χ0v) is 11.2. The largest absolute Gasteiger partial charge is 0.327 e. The predicted molar refractivity (Wildman–Crippen MR) is 74.9 cm³/mol. The van der Waals surface area contributed by atoms with Crippen LogP contribution in [0, 0.1) is 6.92 Å². The number of nitrogens with two attached hydrogens (primary N) is 1. The van der Waals surface area contributed by atoms with Gasteiger partial charge in [-0.25, -0.2) is 0 Å². The zero-order chi connectivity index (χ0) is 11.1. The van der Waals surface area contributed by atoms with Gasteiger partial charge in [0.2, 0.25) is 0 Å². The molecule has 4 heteroatoms. The van der Waals surface area contributed by atoms with Gasteiger partial charge in [-0.2, -0.15) is 11.3 Å². The number of thiophene rings is 1. The van der Waals surface area contributed by atoms with Gasteiger partial charge in [-0.15, -0.1) is 12.4 Å². The molecule has 2 N–H and O–H groups in total. The van der Waals surface area contributed by atoms with E-state index in [0.29, 0.717) is 12.0 Å². The first kappa shape index (κ1) is 12.6. The lowest BCUT2D eigenvalue weighted by Crippen LogP contribution is -2.01. The maximum absolute atomic E-state index is 5.83. The quantitative estimate of drug-likeness (QED) is 0.905. The van der Waals surface area contributed by atoms with Crippen LogP contribution in [0.1, 0.15) is 23.5 Å². The molecule has 0 bridgehead atoms. The summed E-state index contributed by atoms with van der Waals surface area (Å²) in [6.45, 7) is 2.12. The van der Waals surface area contributed by atoms with Crippen LogP contribution in [0.15, 0.2) is 29.1 Å². The summed E-state index contributed by atoms with van der Waals surface area (Å²) in [5.41, 5.74) is 10.7. The summed E-state index contributed by atoms with van der Waals surface area (Å²) < 4.78 is 0. The van der Waals surface area contributed by atoms with Crippen LogP contribution < -0.4 is 5.73 Å². The van der Waals surface area contributed by atoms with Crippen molar-refractivity contribution < 1.29 is 0 Å². The van der Waals surface area contributed by atoms with Crippen molar-refractivity contribution in [1.82, 2.24) is 4.98 Å². The topological polar surface area (TPSA) is 38.9 Å². The molecule has 1 aliphatic rings. The number of pyridine rings is 1. The van der Waals surface area contributed by atoms with Crippen molar-refractivity contribution in [3.8, 4) is 11.3 Å². The van der Waals surface area contributed by atoms with Crippen molar-refractivity contribution in [3.05, 3.63) is 40.2 Å². The average molecular weight is 267 g/mol. The SMILES string of the molecule is Cc1cscc1-c1ccc([C@@H]2C[C@H]2N)cn1.Cl. The minimum atomic E-state index is 0. The highest BCUT2D eigenvalue weighted by atomic mass is 35.5. The molecule has 0 radical (unpaired) electrons. The number of hydrogen-bond donors (Lipinski definition) is 1. The number of hydrogen-bond acceptors (Lipinski definition) is 3. The Labute approximate surface area is 111 Å². The molecule has 2 nitrogen and oxygen atoms in total. The number of aromatic nitrogens is 1. The van der Waals surface area contributed by atoms with Gasteiger partial charge in [-0.05, 0) is 35.9 Å². The summed E-state index contributed by atoms with van der Waals surface area (Å²) in [6.07, 6.45) is 3.09. The minimum absolute atomic E-state index is 0. The standard InChI is InChI=1S/C13H14N2S.ClH/c1-8-6-16-7-11(8)13-3-2-9(5-15-13)10-4-12(10)14;/h2-3,5-7,10,12H,4,14H2,1H3;1H/t10-,12+;/m0./s1. The van der Waals surface area contributed by atoms with Crippen LogP contribution in [0.5, 0.6) is 0 Å². The van der Waals surface area contributed by atoms with Crippen molar-refractivity contribution >= 4 is 23.7 Å². The van der Waals surface area contributed by atoms with E-state index in [-0.39, 0.29) is 12.4 Å². The lowest BCUT2D eigenvalue weighted by Gasteiger charge is -2.02. The van der Waals surface area contributed by atoms with Crippen molar-refractivity contribution in [2.24, 2.45) is 5.73 Å². The Morgan fingerprint density at radius 2 is 2.12 bits per heavy atom. The minimum Gasteiger partial charge on any atom is -0.327 e. The summed E-state index contributed by atoms with van der Waals surface area (Å²) >= 11 is 1.72. The lowest BCUT2D eigenvalue weighted by atomic mass is 10.1. The Bertz CT molecular complexity index is 506. The third kappa shape index (κ3) is 2.37. The van der Waals surface area contributed by atoms with E-state index in [1.54, 1.807) is 11.3 Å². The van der Waals surface area contributed by atoms with Crippen LogP contribution in [-0.2, 0) is 0 Å². The summed E-state index contributed by atoms with van der Waals surface area (Å²) in [5.74, 6) is 0.546. The fraction of sp³-hybridized carbons (Fsp3) is 0.308. The van der Waals surface area contributed by atoms with E-state index in [2.05, 4.69) is 34.8 Å². The van der Waals surface area contributed by atoms with Crippen molar-refractivity contribution in [3.63, 3.8) is 0 Å². The molecule has 17 heavy (non-hydrogen) atoms. The van der Waals surface area contributed by atoms with Gasteiger partial charge in [0, 0.05) is 29.1 Å². The second-order valence-electron chi connectivity index (χ2n) is 4.45. The fourth-order valence-corrected chi connectivity index (χ4v) is 2.85. The molecule has 0 spiro atoms. The second kappa shape index (κ2) is 4.77. The summed E-state index contributed by atoms with van der Waals surface area (Å²) in [6, 6.07) is 4.63. The second-order valence-corrected chi connectivity index (χ2v) is 5.19. The number of rotatable bonds is 2.